The van der Waals surface area contributed by atoms with Crippen molar-refractivity contribution in [3.63, 3.8) is 0 Å². The van der Waals surface area contributed by atoms with Gasteiger partial charge in [-0.3, -0.25) is 4.79 Å². The molecular weight excluding hydrogens is 302 g/mol. The molecule has 3 rings (SSSR count). The Hall–Kier alpha value is -2.53. The topological polar surface area (TPSA) is 54.5 Å². The second-order valence-corrected chi connectivity index (χ2v) is 5.42. The van der Waals surface area contributed by atoms with Gasteiger partial charge in [-0.25, -0.2) is 4.98 Å². The lowest BCUT2D eigenvalue weighted by molar-refractivity contribution is -0.115. The number of fused-ring (bicyclic) bond motifs is 1. The molecule has 112 valence electrons. The molecule has 1 aliphatic heterocycles. The molecule has 0 atom stereocenters. The van der Waals surface area contributed by atoms with E-state index in [9.17, 15) is 4.79 Å². The zero-order valence-electron chi connectivity index (χ0n) is 12.1. The summed E-state index contributed by atoms with van der Waals surface area (Å²) in [5.41, 5.74) is 1.96. The van der Waals surface area contributed by atoms with Gasteiger partial charge >= 0.3 is 0 Å². The number of ether oxygens (including phenoxy) is 1. The number of rotatable bonds is 2. The summed E-state index contributed by atoms with van der Waals surface area (Å²) in [6.07, 6.45) is 1.69. The van der Waals surface area contributed by atoms with Gasteiger partial charge in [0, 0.05) is 19.8 Å². The van der Waals surface area contributed by atoms with Crippen molar-refractivity contribution in [2.45, 2.75) is 0 Å². The Labute approximate surface area is 133 Å². The molecular formula is C16H14ClN3O2. The lowest BCUT2D eigenvalue weighted by Gasteiger charge is -2.19. The third-order valence-electron chi connectivity index (χ3n) is 3.21. The van der Waals surface area contributed by atoms with Gasteiger partial charge in [-0.1, -0.05) is 23.7 Å². The fourth-order valence-electron chi connectivity index (χ4n) is 2.04. The van der Waals surface area contributed by atoms with Crippen LogP contribution in [0.25, 0.3) is 6.08 Å². The number of carbonyl (C=O) groups is 1. The van der Waals surface area contributed by atoms with Crippen LogP contribution in [0.3, 0.4) is 0 Å². The zero-order chi connectivity index (χ0) is 15.7. The number of halogens is 1. The minimum absolute atomic E-state index is 0.217. The summed E-state index contributed by atoms with van der Waals surface area (Å²) >= 11 is 5.79. The number of carbonyl (C=O) groups excluding carboxylic acids is 1. The molecule has 0 fully saturated rings. The Morgan fingerprint density at radius 3 is 2.59 bits per heavy atom. The lowest BCUT2D eigenvalue weighted by Crippen LogP contribution is -2.24. The average Bonchev–Trinajstić information content (AvgIpc) is 2.49. The maximum atomic E-state index is 12.1. The number of pyridine rings is 1. The molecule has 0 radical (unpaired) electrons. The molecule has 2 aromatic rings. The first kappa shape index (κ1) is 14.4. The first-order valence-electron chi connectivity index (χ1n) is 6.68. The summed E-state index contributed by atoms with van der Waals surface area (Å²) in [4.78, 5) is 18.1. The highest BCUT2D eigenvalue weighted by molar-refractivity contribution is 6.29. The number of hydrogen-bond acceptors (Lipinski definition) is 4. The van der Waals surface area contributed by atoms with E-state index in [1.807, 2.05) is 43.3 Å². The molecule has 1 amide bonds. The molecule has 1 aliphatic rings. The molecule has 2 heterocycles. The number of benzene rings is 1. The number of anilines is 2. The van der Waals surface area contributed by atoms with Crippen LogP contribution in [0.4, 0.5) is 11.5 Å². The molecule has 0 saturated carbocycles. The standard InChI is InChI=1S/C16H14ClN3O2/c1-20(2)11-5-3-10(4-6-11)9-13-16(21)19-15-12(22-13)7-8-14(17)18-15/h3-9H,1-2H3,(H,18,19,21). The van der Waals surface area contributed by atoms with E-state index < -0.39 is 0 Å². The van der Waals surface area contributed by atoms with Crippen LogP contribution in [-0.2, 0) is 4.79 Å². The van der Waals surface area contributed by atoms with Crippen LogP contribution in [-0.4, -0.2) is 25.0 Å². The molecule has 22 heavy (non-hydrogen) atoms. The minimum Gasteiger partial charge on any atom is -0.448 e. The molecule has 0 saturated heterocycles. The van der Waals surface area contributed by atoms with Crippen LogP contribution in [0.2, 0.25) is 5.15 Å². The van der Waals surface area contributed by atoms with E-state index in [0.29, 0.717) is 16.7 Å². The second kappa shape index (κ2) is 5.69. The molecule has 1 N–H and O–H groups in total. The highest BCUT2D eigenvalue weighted by Gasteiger charge is 2.23. The van der Waals surface area contributed by atoms with Crippen molar-refractivity contribution in [2.75, 3.05) is 24.3 Å². The molecule has 0 unspecified atom stereocenters. The SMILES string of the molecule is CN(C)c1ccc(C=C2Oc3ccc(Cl)nc3NC2=O)cc1. The smallest absolute Gasteiger partial charge is 0.292 e. The maximum absolute atomic E-state index is 12.1. The summed E-state index contributed by atoms with van der Waals surface area (Å²) in [6.45, 7) is 0. The van der Waals surface area contributed by atoms with Gasteiger partial charge in [-0.05, 0) is 35.9 Å². The normalized spacial score (nSPS) is 15.0. The number of hydrogen-bond donors (Lipinski definition) is 1. The summed E-state index contributed by atoms with van der Waals surface area (Å²) < 4.78 is 5.60. The third kappa shape index (κ3) is 2.89. The van der Waals surface area contributed by atoms with E-state index in [4.69, 9.17) is 16.3 Å². The number of aromatic nitrogens is 1. The molecule has 0 aliphatic carbocycles. The van der Waals surface area contributed by atoms with Crippen molar-refractivity contribution in [1.29, 1.82) is 0 Å². The largest absolute Gasteiger partial charge is 0.448 e. The van der Waals surface area contributed by atoms with Crippen LogP contribution in [0.1, 0.15) is 5.56 Å². The fraction of sp³-hybridized carbons (Fsp3) is 0.125. The number of amides is 1. The van der Waals surface area contributed by atoms with E-state index in [1.165, 1.54) is 0 Å². The van der Waals surface area contributed by atoms with Crippen LogP contribution >= 0.6 is 11.6 Å². The molecule has 0 bridgehead atoms. The Morgan fingerprint density at radius 2 is 1.91 bits per heavy atom. The van der Waals surface area contributed by atoms with Crippen LogP contribution in [0.15, 0.2) is 42.2 Å². The average molecular weight is 316 g/mol. The Morgan fingerprint density at radius 1 is 1.18 bits per heavy atom. The van der Waals surface area contributed by atoms with E-state index in [1.54, 1.807) is 18.2 Å². The molecule has 5 nitrogen and oxygen atoms in total. The van der Waals surface area contributed by atoms with Gasteiger partial charge in [0.15, 0.2) is 17.3 Å². The molecule has 1 aromatic heterocycles. The van der Waals surface area contributed by atoms with Gasteiger partial charge in [0.25, 0.3) is 5.91 Å². The lowest BCUT2D eigenvalue weighted by atomic mass is 10.1. The van der Waals surface area contributed by atoms with Gasteiger partial charge in [0.05, 0.1) is 0 Å². The minimum atomic E-state index is -0.348. The highest BCUT2D eigenvalue weighted by atomic mass is 35.5. The van der Waals surface area contributed by atoms with Gasteiger partial charge in [-0.15, -0.1) is 0 Å². The first-order chi connectivity index (χ1) is 10.5. The summed E-state index contributed by atoms with van der Waals surface area (Å²) in [6, 6.07) is 11.1. The predicted molar refractivity (Wildman–Crippen MR) is 87.3 cm³/mol. The van der Waals surface area contributed by atoms with Crippen molar-refractivity contribution in [2.24, 2.45) is 0 Å². The van der Waals surface area contributed by atoms with Crippen molar-refractivity contribution >= 4 is 35.1 Å². The molecule has 1 aromatic carbocycles. The molecule has 6 heteroatoms. The van der Waals surface area contributed by atoms with Crippen LogP contribution < -0.4 is 15.0 Å². The van der Waals surface area contributed by atoms with E-state index in [2.05, 4.69) is 10.3 Å². The predicted octanol–water partition coefficient (Wildman–Crippen LogP) is 3.17. The third-order valence-corrected chi connectivity index (χ3v) is 3.42. The second-order valence-electron chi connectivity index (χ2n) is 5.03. The van der Waals surface area contributed by atoms with Gasteiger partial charge in [-0.2, -0.15) is 0 Å². The van der Waals surface area contributed by atoms with Crippen molar-refractivity contribution in [1.82, 2.24) is 4.98 Å². The first-order valence-corrected chi connectivity index (χ1v) is 7.05. The van der Waals surface area contributed by atoms with Gasteiger partial charge in [0.1, 0.15) is 5.15 Å². The van der Waals surface area contributed by atoms with Crippen LogP contribution in [0.5, 0.6) is 5.75 Å². The van der Waals surface area contributed by atoms with Crippen molar-refractivity contribution in [3.05, 3.63) is 52.9 Å². The quantitative estimate of drug-likeness (QED) is 0.683. The molecule has 0 spiro atoms. The van der Waals surface area contributed by atoms with Crippen molar-refractivity contribution in [3.8, 4) is 5.75 Å². The van der Waals surface area contributed by atoms with E-state index in [0.717, 1.165) is 11.3 Å². The monoisotopic (exact) mass is 315 g/mol. The van der Waals surface area contributed by atoms with Gasteiger partial charge in [0.2, 0.25) is 0 Å². The Kier molecular flexibility index (Phi) is 3.73. The highest BCUT2D eigenvalue weighted by Crippen LogP contribution is 2.31. The summed E-state index contributed by atoms with van der Waals surface area (Å²) in [5, 5.41) is 2.96. The maximum Gasteiger partial charge on any atom is 0.292 e. The summed E-state index contributed by atoms with van der Waals surface area (Å²) in [7, 11) is 3.94. The Bertz CT molecular complexity index is 754. The number of nitrogens with one attached hydrogen (secondary N) is 1. The zero-order valence-corrected chi connectivity index (χ0v) is 12.9. The fourth-order valence-corrected chi connectivity index (χ4v) is 2.19. The summed E-state index contributed by atoms with van der Waals surface area (Å²) in [5.74, 6) is 0.672. The van der Waals surface area contributed by atoms with Crippen molar-refractivity contribution < 1.29 is 9.53 Å². The number of nitrogens with zero attached hydrogens (tertiary/aromatic N) is 2. The van der Waals surface area contributed by atoms with Crippen LogP contribution in [0, 0.1) is 0 Å². The van der Waals surface area contributed by atoms with E-state index >= 15 is 0 Å². The Balaban J connectivity index is 1.88. The van der Waals surface area contributed by atoms with Gasteiger partial charge < -0.3 is 15.0 Å². The van der Waals surface area contributed by atoms with E-state index in [-0.39, 0.29) is 11.7 Å².